The Morgan fingerprint density at radius 2 is 0.639 bits per heavy atom. The normalized spacial score (nSPS) is 11.6. The van der Waals surface area contributed by atoms with Gasteiger partial charge < -0.3 is 0 Å². The molecule has 36 heavy (non-hydrogen) atoms. The summed E-state index contributed by atoms with van der Waals surface area (Å²) in [7, 11) is -1.64. The molecule has 3 aromatic rings. The predicted octanol–water partition coefficient (Wildman–Crippen LogP) is 9.85. The number of rotatable bonds is 19. The van der Waals surface area contributed by atoms with Gasteiger partial charge in [0.25, 0.3) is 0 Å². The molecule has 3 aromatic carbocycles. The van der Waals surface area contributed by atoms with Crippen LogP contribution >= 0.6 is 7.26 Å². The van der Waals surface area contributed by atoms with Crippen LogP contribution in [0.3, 0.4) is 0 Å². The fourth-order valence-electron chi connectivity index (χ4n) is 5.60. The second kappa shape index (κ2) is 17.5. The van der Waals surface area contributed by atoms with E-state index < -0.39 is 7.26 Å². The second-order valence-electron chi connectivity index (χ2n) is 10.5. The Morgan fingerprint density at radius 1 is 0.361 bits per heavy atom. The fraction of sp³-hybridized carbons (Fsp3) is 0.486. The molecule has 3 rings (SSSR count). The van der Waals surface area contributed by atoms with Gasteiger partial charge in [0.1, 0.15) is 23.2 Å². The van der Waals surface area contributed by atoms with Crippen molar-refractivity contribution < 1.29 is 0 Å². The smallest absolute Gasteiger partial charge is 0.0654 e. The van der Waals surface area contributed by atoms with Gasteiger partial charge in [-0.15, -0.1) is 0 Å². The lowest BCUT2D eigenvalue weighted by Gasteiger charge is -2.27. The maximum atomic E-state index is 2.37. The third-order valence-electron chi connectivity index (χ3n) is 7.69. The highest BCUT2D eigenvalue weighted by molar-refractivity contribution is 7.95. The van der Waals surface area contributed by atoms with Crippen LogP contribution < -0.4 is 15.9 Å². The Labute approximate surface area is 223 Å². The summed E-state index contributed by atoms with van der Waals surface area (Å²) in [5.74, 6) is 0. The Morgan fingerprint density at radius 3 is 0.944 bits per heavy atom. The number of hydrogen-bond acceptors (Lipinski definition) is 0. The van der Waals surface area contributed by atoms with Crippen molar-refractivity contribution in [3.05, 3.63) is 91.0 Å². The van der Waals surface area contributed by atoms with Crippen LogP contribution in [0.25, 0.3) is 0 Å². The van der Waals surface area contributed by atoms with Crippen molar-refractivity contribution in [3.8, 4) is 0 Å². The third-order valence-corrected chi connectivity index (χ3v) is 12.2. The van der Waals surface area contributed by atoms with Crippen LogP contribution in [-0.4, -0.2) is 6.16 Å². The highest BCUT2D eigenvalue weighted by Gasteiger charge is 2.44. The summed E-state index contributed by atoms with van der Waals surface area (Å²) in [6.45, 7) is 2.30. The number of hydrogen-bond donors (Lipinski definition) is 0. The number of unbranched alkanes of at least 4 members (excludes halogenated alkanes) is 14. The molecular weight excluding hydrogens is 451 g/mol. The fourth-order valence-corrected chi connectivity index (χ4v) is 10.0. The summed E-state index contributed by atoms with van der Waals surface area (Å²) in [5, 5.41) is 4.56. The van der Waals surface area contributed by atoms with Crippen LogP contribution in [0, 0.1) is 0 Å². The van der Waals surface area contributed by atoms with Crippen molar-refractivity contribution in [1.82, 2.24) is 0 Å². The molecule has 0 aromatic heterocycles. The van der Waals surface area contributed by atoms with Gasteiger partial charge in [0, 0.05) is 0 Å². The van der Waals surface area contributed by atoms with Gasteiger partial charge in [-0.1, -0.05) is 145 Å². The van der Waals surface area contributed by atoms with E-state index in [9.17, 15) is 0 Å². The molecule has 0 bridgehead atoms. The van der Waals surface area contributed by atoms with Crippen LogP contribution in [0.5, 0.6) is 0 Å². The second-order valence-corrected chi connectivity index (χ2v) is 14.1. The standard InChI is InChI=1S/C35H50P/c1-2-3-4-5-6-7-8-9-10-11-12-13-14-15-25-32-36(33-26-19-16-20-27-33,34-28-21-17-22-29-34)35-30-23-18-24-31-35/h16-24,26-31H,2-15,25,32H2,1H3/q+1. The molecule has 0 atom stereocenters. The minimum Gasteiger partial charge on any atom is -0.0654 e. The molecule has 0 N–H and O–H groups in total. The molecule has 0 nitrogen and oxygen atoms in total. The molecule has 0 heterocycles. The van der Waals surface area contributed by atoms with Gasteiger partial charge in [0.15, 0.2) is 0 Å². The average molecular weight is 502 g/mol. The Hall–Kier alpha value is -1.91. The van der Waals surface area contributed by atoms with Gasteiger partial charge in [-0.05, 0) is 49.2 Å². The van der Waals surface area contributed by atoms with Crippen LogP contribution in [0.15, 0.2) is 91.0 Å². The van der Waals surface area contributed by atoms with Crippen molar-refractivity contribution in [1.29, 1.82) is 0 Å². The van der Waals surface area contributed by atoms with Crippen molar-refractivity contribution in [2.75, 3.05) is 6.16 Å². The van der Waals surface area contributed by atoms with Crippen LogP contribution in [-0.2, 0) is 0 Å². The van der Waals surface area contributed by atoms with Crippen LogP contribution in [0.4, 0.5) is 0 Å². The molecule has 0 fully saturated rings. The van der Waals surface area contributed by atoms with E-state index in [1.54, 1.807) is 0 Å². The van der Waals surface area contributed by atoms with Gasteiger partial charge in [-0.3, -0.25) is 0 Å². The molecular formula is C35H50P+. The largest absolute Gasteiger partial charge is 0.112 e. The quantitative estimate of drug-likeness (QED) is 0.113. The minimum atomic E-state index is -1.64. The van der Waals surface area contributed by atoms with Crippen molar-refractivity contribution in [2.24, 2.45) is 0 Å². The summed E-state index contributed by atoms with van der Waals surface area (Å²) < 4.78 is 0. The number of benzene rings is 3. The predicted molar refractivity (Wildman–Crippen MR) is 165 cm³/mol. The van der Waals surface area contributed by atoms with Gasteiger partial charge in [0.2, 0.25) is 0 Å². The van der Waals surface area contributed by atoms with E-state index in [0.29, 0.717) is 0 Å². The molecule has 194 valence electrons. The highest BCUT2D eigenvalue weighted by atomic mass is 31.2. The summed E-state index contributed by atoms with van der Waals surface area (Å²) in [4.78, 5) is 0. The molecule has 0 aliphatic heterocycles. The Kier molecular flexibility index (Phi) is 14.0. The summed E-state index contributed by atoms with van der Waals surface area (Å²) in [6, 6.07) is 34.1. The molecule has 0 radical (unpaired) electrons. The van der Waals surface area contributed by atoms with E-state index in [-0.39, 0.29) is 0 Å². The zero-order valence-corrected chi connectivity index (χ0v) is 23.8. The molecule has 0 amide bonds. The SMILES string of the molecule is CCCCCCCCCCCCCCCCC[P+](c1ccccc1)(c1ccccc1)c1ccccc1. The Balaban J connectivity index is 1.45. The maximum Gasteiger partial charge on any atom is 0.112 e. The first-order valence-electron chi connectivity index (χ1n) is 14.9. The topological polar surface area (TPSA) is 0 Å². The van der Waals surface area contributed by atoms with Crippen LogP contribution in [0.1, 0.15) is 103 Å². The van der Waals surface area contributed by atoms with Crippen molar-refractivity contribution in [2.45, 2.75) is 103 Å². The van der Waals surface area contributed by atoms with Gasteiger partial charge in [-0.2, -0.15) is 0 Å². The van der Waals surface area contributed by atoms with Gasteiger partial charge in [0.05, 0.1) is 6.16 Å². The molecule has 0 aliphatic rings. The zero-order chi connectivity index (χ0) is 25.2. The maximum absolute atomic E-state index is 2.37. The minimum absolute atomic E-state index is 1.27. The van der Waals surface area contributed by atoms with Crippen molar-refractivity contribution in [3.63, 3.8) is 0 Å². The average Bonchev–Trinajstić information content (AvgIpc) is 2.94. The Bertz CT molecular complexity index is 806. The first-order chi connectivity index (χ1) is 17.9. The lowest BCUT2D eigenvalue weighted by Crippen LogP contribution is -2.33. The summed E-state index contributed by atoms with van der Waals surface area (Å²) in [6.07, 6.45) is 22.5. The van der Waals surface area contributed by atoms with E-state index in [1.165, 1.54) is 118 Å². The molecule has 0 unspecified atom stereocenters. The first kappa shape index (κ1) is 28.7. The van der Waals surface area contributed by atoms with Gasteiger partial charge >= 0.3 is 0 Å². The van der Waals surface area contributed by atoms with E-state index >= 15 is 0 Å². The first-order valence-corrected chi connectivity index (χ1v) is 16.9. The summed E-state index contributed by atoms with van der Waals surface area (Å²) >= 11 is 0. The van der Waals surface area contributed by atoms with E-state index in [4.69, 9.17) is 0 Å². The van der Waals surface area contributed by atoms with E-state index in [2.05, 4.69) is 97.9 Å². The lowest BCUT2D eigenvalue weighted by molar-refractivity contribution is 0.535. The molecule has 0 saturated carbocycles. The molecule has 0 spiro atoms. The monoisotopic (exact) mass is 501 g/mol. The summed E-state index contributed by atoms with van der Waals surface area (Å²) in [5.41, 5.74) is 0. The van der Waals surface area contributed by atoms with E-state index in [1.807, 2.05) is 0 Å². The van der Waals surface area contributed by atoms with Gasteiger partial charge in [-0.25, -0.2) is 0 Å². The van der Waals surface area contributed by atoms with Crippen molar-refractivity contribution >= 4 is 23.2 Å². The zero-order valence-electron chi connectivity index (χ0n) is 22.9. The molecule has 0 aliphatic carbocycles. The molecule has 1 heteroatoms. The van der Waals surface area contributed by atoms with E-state index in [0.717, 1.165) is 0 Å². The lowest BCUT2D eigenvalue weighted by atomic mass is 10.0. The molecule has 0 saturated heterocycles. The third kappa shape index (κ3) is 9.19. The highest BCUT2D eigenvalue weighted by Crippen LogP contribution is 2.56. The van der Waals surface area contributed by atoms with Crippen LogP contribution in [0.2, 0.25) is 0 Å².